The summed E-state index contributed by atoms with van der Waals surface area (Å²) in [4.78, 5) is 23.3. The summed E-state index contributed by atoms with van der Waals surface area (Å²) in [6, 6.07) is 8.27. The highest BCUT2D eigenvalue weighted by atomic mass is 16.7. The van der Waals surface area contributed by atoms with Crippen LogP contribution < -0.4 is 10.4 Å². The Morgan fingerprint density at radius 2 is 1.92 bits per heavy atom. The van der Waals surface area contributed by atoms with Gasteiger partial charge in [-0.1, -0.05) is 0 Å². The van der Waals surface area contributed by atoms with E-state index in [1.165, 1.54) is 6.07 Å². The van der Waals surface area contributed by atoms with Crippen molar-refractivity contribution in [3.63, 3.8) is 0 Å². The summed E-state index contributed by atoms with van der Waals surface area (Å²) >= 11 is 0. The minimum absolute atomic E-state index is 0.202. The van der Waals surface area contributed by atoms with Gasteiger partial charge in [-0.2, -0.15) is 0 Å². The maximum absolute atomic E-state index is 11.9. The summed E-state index contributed by atoms with van der Waals surface area (Å²) in [5, 5.41) is 0.790. The third kappa shape index (κ3) is 2.87. The first-order valence-electron chi connectivity index (χ1n) is 8.48. The lowest BCUT2D eigenvalue weighted by Crippen LogP contribution is -2.60. The summed E-state index contributed by atoms with van der Waals surface area (Å²) in [5.41, 5.74) is -0.702. The molecule has 2 aromatic rings. The van der Waals surface area contributed by atoms with Crippen LogP contribution in [0.15, 0.2) is 39.5 Å². The van der Waals surface area contributed by atoms with Crippen LogP contribution in [0.1, 0.15) is 20.3 Å². The molecule has 1 aromatic heterocycles. The molecule has 2 fully saturated rings. The maximum atomic E-state index is 11.9. The fraction of sp³-hybridized carbons (Fsp3) is 0.474. The normalized spacial score (nSPS) is 30.0. The van der Waals surface area contributed by atoms with Crippen molar-refractivity contribution in [3.05, 3.63) is 40.8 Å². The van der Waals surface area contributed by atoms with E-state index in [2.05, 4.69) is 0 Å². The van der Waals surface area contributed by atoms with Gasteiger partial charge in [-0.15, -0.1) is 0 Å². The van der Waals surface area contributed by atoms with E-state index in [1.807, 2.05) is 13.8 Å². The van der Waals surface area contributed by atoms with Gasteiger partial charge >= 0.3 is 11.6 Å². The summed E-state index contributed by atoms with van der Waals surface area (Å²) < 4.78 is 28.3. The van der Waals surface area contributed by atoms with Crippen molar-refractivity contribution in [3.8, 4) is 5.75 Å². The Hall–Kier alpha value is -2.38. The van der Waals surface area contributed by atoms with Crippen molar-refractivity contribution >= 4 is 16.9 Å². The average molecular weight is 360 g/mol. The lowest BCUT2D eigenvalue weighted by Gasteiger charge is -2.46. The number of benzene rings is 1. The number of rotatable bonds is 3. The largest absolute Gasteiger partial charge is 0.464 e. The van der Waals surface area contributed by atoms with Gasteiger partial charge in [0.15, 0.2) is 0 Å². The van der Waals surface area contributed by atoms with Crippen molar-refractivity contribution in [2.24, 2.45) is 5.92 Å². The van der Waals surface area contributed by atoms with Gasteiger partial charge in [0, 0.05) is 24.6 Å². The zero-order chi connectivity index (χ0) is 18.5. The molecule has 0 bridgehead atoms. The molecule has 0 aliphatic carbocycles. The van der Waals surface area contributed by atoms with Crippen molar-refractivity contribution in [2.75, 3.05) is 7.11 Å². The molecule has 0 N–H and O–H groups in total. The van der Waals surface area contributed by atoms with Crippen LogP contribution in [-0.4, -0.2) is 37.2 Å². The molecule has 138 valence electrons. The van der Waals surface area contributed by atoms with Crippen molar-refractivity contribution in [1.29, 1.82) is 0 Å². The van der Waals surface area contributed by atoms with Crippen LogP contribution in [-0.2, 0) is 19.0 Å². The van der Waals surface area contributed by atoms with Gasteiger partial charge < -0.3 is 23.4 Å². The zero-order valence-corrected chi connectivity index (χ0v) is 14.8. The molecule has 0 radical (unpaired) electrons. The van der Waals surface area contributed by atoms with Crippen LogP contribution in [0.4, 0.5) is 0 Å². The van der Waals surface area contributed by atoms with Gasteiger partial charge in [0.25, 0.3) is 0 Å². The van der Waals surface area contributed by atoms with Gasteiger partial charge in [0.2, 0.25) is 6.29 Å². The molecule has 2 aliphatic rings. The van der Waals surface area contributed by atoms with Crippen LogP contribution in [0.3, 0.4) is 0 Å². The summed E-state index contributed by atoms with van der Waals surface area (Å²) in [6.45, 7) is 3.75. The molecule has 7 heteroatoms. The first-order valence-corrected chi connectivity index (χ1v) is 8.48. The summed E-state index contributed by atoms with van der Waals surface area (Å²) in [5.74, 6) is -0.0815. The van der Waals surface area contributed by atoms with E-state index in [0.717, 1.165) is 5.39 Å². The summed E-state index contributed by atoms with van der Waals surface area (Å²) in [7, 11) is 1.57. The van der Waals surface area contributed by atoms with E-state index in [9.17, 15) is 9.59 Å². The molecule has 0 saturated carbocycles. The van der Waals surface area contributed by atoms with E-state index in [1.54, 1.807) is 31.4 Å². The van der Waals surface area contributed by atoms with E-state index < -0.39 is 23.6 Å². The van der Waals surface area contributed by atoms with Crippen molar-refractivity contribution in [2.45, 2.75) is 44.4 Å². The Kier molecular flexibility index (Phi) is 4.00. The first-order chi connectivity index (χ1) is 12.4. The second-order valence-corrected chi connectivity index (χ2v) is 7.14. The number of methoxy groups -OCH3 is 1. The molecule has 1 aromatic carbocycles. The lowest BCUT2D eigenvalue weighted by atomic mass is 9.84. The fourth-order valence-corrected chi connectivity index (χ4v) is 3.76. The minimum Gasteiger partial charge on any atom is -0.464 e. The smallest absolute Gasteiger partial charge is 0.336 e. The number of carbonyl (C=O) groups excluding carboxylic acids is 1. The Bertz CT molecular complexity index is 900. The Balaban J connectivity index is 1.64. The Morgan fingerprint density at radius 1 is 1.15 bits per heavy atom. The van der Waals surface area contributed by atoms with Gasteiger partial charge in [-0.3, -0.25) is 4.79 Å². The number of esters is 1. The van der Waals surface area contributed by atoms with Gasteiger partial charge in [0.1, 0.15) is 23.5 Å². The SMILES string of the molecule is CO[C@@H]1[C@@H]2OC(=O)C[C@@H]2[C@H](Oc2ccc3ccc(=O)oc3c2)OC1(C)C. The average Bonchev–Trinajstić information content (AvgIpc) is 2.95. The Labute approximate surface area is 149 Å². The van der Waals surface area contributed by atoms with Crippen molar-refractivity contribution < 1.29 is 28.2 Å². The zero-order valence-electron chi connectivity index (χ0n) is 14.8. The Morgan fingerprint density at radius 3 is 2.69 bits per heavy atom. The van der Waals surface area contributed by atoms with E-state index in [0.29, 0.717) is 11.3 Å². The van der Waals surface area contributed by atoms with Crippen LogP contribution in [0.5, 0.6) is 5.75 Å². The third-order valence-electron chi connectivity index (χ3n) is 4.95. The number of fused-ring (bicyclic) bond motifs is 2. The standard InChI is InChI=1S/C19H20O7/c1-19(2)17(22-3)16-12(9-15(21)25-16)18(26-19)23-11-6-4-10-5-7-14(20)24-13(10)8-11/h4-8,12,16-18H,9H2,1-3H3/t12-,16+,17+,18+/m0/s1. The highest BCUT2D eigenvalue weighted by molar-refractivity contribution is 5.77. The van der Waals surface area contributed by atoms with Crippen LogP contribution in [0.25, 0.3) is 11.0 Å². The topological polar surface area (TPSA) is 84.2 Å². The highest BCUT2D eigenvalue weighted by Crippen LogP contribution is 2.42. The number of hydrogen-bond donors (Lipinski definition) is 0. The molecule has 2 aliphatic heterocycles. The third-order valence-corrected chi connectivity index (χ3v) is 4.95. The van der Waals surface area contributed by atoms with Gasteiger partial charge in [-0.25, -0.2) is 4.79 Å². The maximum Gasteiger partial charge on any atom is 0.336 e. The van der Waals surface area contributed by atoms with E-state index >= 15 is 0 Å². The molecule has 26 heavy (non-hydrogen) atoms. The molecule has 0 spiro atoms. The molecule has 2 saturated heterocycles. The van der Waals surface area contributed by atoms with Gasteiger partial charge in [-0.05, 0) is 32.0 Å². The highest BCUT2D eigenvalue weighted by Gasteiger charge is 2.56. The van der Waals surface area contributed by atoms with Gasteiger partial charge in [0.05, 0.1) is 17.9 Å². The molecule has 3 heterocycles. The number of hydrogen-bond acceptors (Lipinski definition) is 7. The minimum atomic E-state index is -0.700. The number of ether oxygens (including phenoxy) is 4. The van der Waals surface area contributed by atoms with Crippen LogP contribution in [0.2, 0.25) is 0 Å². The molecule has 4 atom stereocenters. The molecule has 7 nitrogen and oxygen atoms in total. The summed E-state index contributed by atoms with van der Waals surface area (Å²) in [6.07, 6.45) is -1.29. The second kappa shape index (κ2) is 6.10. The van der Waals surface area contributed by atoms with Crippen molar-refractivity contribution in [1.82, 2.24) is 0 Å². The fourth-order valence-electron chi connectivity index (χ4n) is 3.76. The predicted octanol–water partition coefficient (Wildman–Crippen LogP) is 2.25. The first kappa shape index (κ1) is 17.1. The van der Waals surface area contributed by atoms with Crippen LogP contribution in [0, 0.1) is 5.92 Å². The quantitative estimate of drug-likeness (QED) is 0.613. The monoisotopic (exact) mass is 360 g/mol. The molecular weight excluding hydrogens is 340 g/mol. The van der Waals surface area contributed by atoms with E-state index in [4.69, 9.17) is 23.4 Å². The van der Waals surface area contributed by atoms with Crippen LogP contribution >= 0.6 is 0 Å². The molecule has 0 amide bonds. The van der Waals surface area contributed by atoms with E-state index in [-0.39, 0.29) is 24.4 Å². The molecule has 4 rings (SSSR count). The predicted molar refractivity (Wildman–Crippen MR) is 90.8 cm³/mol. The number of carbonyl (C=O) groups is 1. The lowest BCUT2D eigenvalue weighted by molar-refractivity contribution is -0.280. The second-order valence-electron chi connectivity index (χ2n) is 7.14. The molecule has 0 unspecified atom stereocenters. The molecular formula is C19H20O7.